The standard InChI is InChI=1S/C21H25F3N4O4/c22-21(23,24)32-18-2-1-13(8-25-18)5-14-6-20(7-14)11-28(12-20)19(30)27-4-3-16-15(9-27)26-17(29)10-31-16/h1-2,8,14-16H,3-7,9-12H2,(H,26,29)/t15-,16+/m1/s1. The van der Waals surface area contributed by atoms with Crippen molar-refractivity contribution in [2.75, 3.05) is 32.8 Å². The third kappa shape index (κ3) is 4.35. The molecule has 2 atom stereocenters. The molecule has 3 amide bonds. The van der Waals surface area contributed by atoms with Gasteiger partial charge in [0.05, 0.1) is 12.1 Å². The zero-order valence-corrected chi connectivity index (χ0v) is 17.4. The number of nitrogens with zero attached hydrogens (tertiary/aromatic N) is 3. The van der Waals surface area contributed by atoms with Gasteiger partial charge >= 0.3 is 12.4 Å². The molecular formula is C21H25F3N4O4. The fraction of sp³-hybridized carbons (Fsp3) is 0.667. The Morgan fingerprint density at radius 3 is 2.75 bits per heavy atom. The molecule has 8 nitrogen and oxygen atoms in total. The van der Waals surface area contributed by atoms with Crippen LogP contribution in [0, 0.1) is 11.3 Å². The van der Waals surface area contributed by atoms with Crippen LogP contribution in [-0.2, 0) is 16.0 Å². The number of nitrogens with one attached hydrogen (secondary N) is 1. The van der Waals surface area contributed by atoms with E-state index < -0.39 is 12.2 Å². The molecule has 1 saturated carbocycles. The van der Waals surface area contributed by atoms with Gasteiger partial charge in [-0.3, -0.25) is 4.79 Å². The molecule has 1 N–H and O–H groups in total. The van der Waals surface area contributed by atoms with Gasteiger partial charge in [-0.2, -0.15) is 0 Å². The van der Waals surface area contributed by atoms with Crippen LogP contribution in [-0.4, -0.2) is 78.0 Å². The molecule has 0 aromatic carbocycles. The van der Waals surface area contributed by atoms with Gasteiger partial charge in [0.2, 0.25) is 11.8 Å². The minimum absolute atomic E-state index is 0.0156. The quantitative estimate of drug-likeness (QED) is 0.755. The van der Waals surface area contributed by atoms with E-state index in [1.54, 1.807) is 11.0 Å². The molecule has 1 spiro atoms. The predicted octanol–water partition coefficient (Wildman–Crippen LogP) is 1.94. The fourth-order valence-electron chi connectivity index (χ4n) is 5.58. The molecule has 32 heavy (non-hydrogen) atoms. The molecule has 4 heterocycles. The van der Waals surface area contributed by atoms with Crippen molar-refractivity contribution >= 4 is 11.9 Å². The zero-order chi connectivity index (χ0) is 22.5. The number of likely N-dealkylation sites (tertiary alicyclic amines) is 2. The molecule has 11 heteroatoms. The number of ether oxygens (including phenoxy) is 2. The molecule has 174 valence electrons. The number of pyridine rings is 1. The zero-order valence-electron chi connectivity index (χ0n) is 17.4. The highest BCUT2D eigenvalue weighted by Gasteiger charge is 2.54. The highest BCUT2D eigenvalue weighted by atomic mass is 19.4. The second-order valence-electron chi connectivity index (χ2n) is 9.43. The first-order valence-corrected chi connectivity index (χ1v) is 10.8. The van der Waals surface area contributed by atoms with Crippen molar-refractivity contribution in [2.24, 2.45) is 11.3 Å². The fourth-order valence-corrected chi connectivity index (χ4v) is 5.58. The third-order valence-electron chi connectivity index (χ3n) is 6.90. The van der Waals surface area contributed by atoms with Crippen LogP contribution >= 0.6 is 0 Å². The topological polar surface area (TPSA) is 84.0 Å². The Morgan fingerprint density at radius 1 is 1.28 bits per heavy atom. The molecular weight excluding hydrogens is 429 g/mol. The number of fused-ring (bicyclic) bond motifs is 1. The van der Waals surface area contributed by atoms with E-state index in [2.05, 4.69) is 15.0 Å². The van der Waals surface area contributed by atoms with Crippen LogP contribution in [0.4, 0.5) is 18.0 Å². The smallest absolute Gasteiger partial charge is 0.388 e. The minimum Gasteiger partial charge on any atom is -0.388 e. The second-order valence-corrected chi connectivity index (χ2v) is 9.43. The van der Waals surface area contributed by atoms with Gasteiger partial charge in [0, 0.05) is 43.9 Å². The summed E-state index contributed by atoms with van der Waals surface area (Å²) in [6.45, 7) is 2.65. The van der Waals surface area contributed by atoms with Crippen LogP contribution < -0.4 is 10.1 Å². The molecule has 3 saturated heterocycles. The van der Waals surface area contributed by atoms with Gasteiger partial charge in [-0.15, -0.1) is 13.2 Å². The second kappa shape index (κ2) is 7.79. The van der Waals surface area contributed by atoms with E-state index in [1.165, 1.54) is 12.3 Å². The number of amides is 3. The lowest BCUT2D eigenvalue weighted by atomic mass is 9.56. The van der Waals surface area contributed by atoms with Gasteiger partial charge in [0.1, 0.15) is 6.61 Å². The molecule has 5 rings (SSSR count). The van der Waals surface area contributed by atoms with Gasteiger partial charge in [-0.25, -0.2) is 9.78 Å². The van der Waals surface area contributed by atoms with Gasteiger partial charge < -0.3 is 24.6 Å². The summed E-state index contributed by atoms with van der Waals surface area (Å²) in [4.78, 5) is 31.8. The highest BCUT2D eigenvalue weighted by molar-refractivity contribution is 5.79. The van der Waals surface area contributed by atoms with Gasteiger partial charge in [0.15, 0.2) is 0 Å². The lowest BCUT2D eigenvalue weighted by Crippen LogP contribution is -2.68. The van der Waals surface area contributed by atoms with Crippen molar-refractivity contribution in [3.8, 4) is 5.88 Å². The van der Waals surface area contributed by atoms with E-state index in [4.69, 9.17) is 4.74 Å². The Bertz CT molecular complexity index is 880. The first-order valence-electron chi connectivity index (χ1n) is 10.8. The van der Waals surface area contributed by atoms with Crippen LogP contribution in [0.1, 0.15) is 24.8 Å². The summed E-state index contributed by atoms with van der Waals surface area (Å²) in [7, 11) is 0. The van der Waals surface area contributed by atoms with E-state index in [0.29, 0.717) is 19.0 Å². The van der Waals surface area contributed by atoms with Crippen molar-refractivity contribution in [3.05, 3.63) is 23.9 Å². The SMILES string of the molecule is O=C1CO[C@H]2CCN(C(=O)N3CC4(CC(Cc5ccc(OC(F)(F)F)nc5)C4)C3)C[C@H]2N1. The lowest BCUT2D eigenvalue weighted by molar-refractivity contribution is -0.276. The number of piperidine rings is 1. The summed E-state index contributed by atoms with van der Waals surface area (Å²) >= 11 is 0. The maximum absolute atomic E-state index is 12.9. The van der Waals surface area contributed by atoms with E-state index in [9.17, 15) is 22.8 Å². The average molecular weight is 454 g/mol. The van der Waals surface area contributed by atoms with Crippen molar-refractivity contribution in [1.29, 1.82) is 0 Å². The van der Waals surface area contributed by atoms with Crippen molar-refractivity contribution in [1.82, 2.24) is 20.1 Å². The van der Waals surface area contributed by atoms with Crippen LogP contribution in [0.5, 0.6) is 5.88 Å². The summed E-state index contributed by atoms with van der Waals surface area (Å²) in [5.74, 6) is -0.154. The Balaban J connectivity index is 1.06. The number of alkyl halides is 3. The number of morpholine rings is 1. The van der Waals surface area contributed by atoms with E-state index in [0.717, 1.165) is 44.3 Å². The molecule has 0 bridgehead atoms. The van der Waals surface area contributed by atoms with Gasteiger partial charge in [-0.1, -0.05) is 6.07 Å². The van der Waals surface area contributed by atoms with Crippen molar-refractivity contribution < 1.29 is 32.2 Å². The largest absolute Gasteiger partial charge is 0.574 e. The summed E-state index contributed by atoms with van der Waals surface area (Å²) < 4.78 is 46.0. The molecule has 4 fully saturated rings. The number of carbonyl (C=O) groups is 2. The summed E-state index contributed by atoms with van der Waals surface area (Å²) in [6.07, 6.45) is 0.132. The predicted molar refractivity (Wildman–Crippen MR) is 105 cm³/mol. The van der Waals surface area contributed by atoms with Crippen LogP contribution in [0.15, 0.2) is 18.3 Å². The number of hydrogen-bond acceptors (Lipinski definition) is 5. The average Bonchev–Trinajstić information content (AvgIpc) is 2.68. The lowest BCUT2D eigenvalue weighted by Gasteiger charge is -2.60. The minimum atomic E-state index is -4.74. The first-order chi connectivity index (χ1) is 15.2. The van der Waals surface area contributed by atoms with E-state index in [-0.39, 0.29) is 36.1 Å². The molecule has 4 aliphatic rings. The van der Waals surface area contributed by atoms with Crippen LogP contribution in [0.25, 0.3) is 0 Å². The van der Waals surface area contributed by atoms with Crippen LogP contribution in [0.3, 0.4) is 0 Å². The Kier molecular flexibility index (Phi) is 5.18. The molecule has 1 aliphatic carbocycles. The molecule has 3 aliphatic heterocycles. The molecule has 0 unspecified atom stereocenters. The number of carbonyl (C=O) groups excluding carboxylic acids is 2. The summed E-state index contributed by atoms with van der Waals surface area (Å²) in [5, 5.41) is 2.92. The molecule has 1 aromatic rings. The summed E-state index contributed by atoms with van der Waals surface area (Å²) in [6, 6.07) is 2.73. The Hall–Kier alpha value is -2.56. The maximum Gasteiger partial charge on any atom is 0.574 e. The Morgan fingerprint density at radius 2 is 2.06 bits per heavy atom. The molecule has 1 aromatic heterocycles. The van der Waals surface area contributed by atoms with Gasteiger partial charge in [0.25, 0.3) is 0 Å². The summed E-state index contributed by atoms with van der Waals surface area (Å²) in [5.41, 5.74) is 1.04. The van der Waals surface area contributed by atoms with E-state index in [1.807, 2.05) is 4.90 Å². The Labute approximate surface area is 183 Å². The normalized spacial score (nSPS) is 27.3. The van der Waals surface area contributed by atoms with Crippen molar-refractivity contribution in [3.63, 3.8) is 0 Å². The highest BCUT2D eigenvalue weighted by Crippen LogP contribution is 2.53. The maximum atomic E-state index is 12.9. The number of urea groups is 1. The van der Waals surface area contributed by atoms with E-state index >= 15 is 0 Å². The third-order valence-corrected chi connectivity index (χ3v) is 6.90. The number of halogens is 3. The number of aromatic nitrogens is 1. The van der Waals surface area contributed by atoms with Crippen LogP contribution in [0.2, 0.25) is 0 Å². The van der Waals surface area contributed by atoms with Crippen molar-refractivity contribution in [2.45, 2.75) is 44.2 Å². The first kappa shape index (κ1) is 21.3. The number of hydrogen-bond donors (Lipinski definition) is 1. The van der Waals surface area contributed by atoms with Gasteiger partial charge in [-0.05, 0) is 37.2 Å². The monoisotopic (exact) mass is 454 g/mol. The molecule has 0 radical (unpaired) electrons. The number of rotatable bonds is 3.